The largest absolute Gasteiger partial charge is 0.481 e. The molecule has 0 aromatic heterocycles. The summed E-state index contributed by atoms with van der Waals surface area (Å²) in [5.41, 5.74) is -0.807. The Bertz CT molecular complexity index is 603. The summed E-state index contributed by atoms with van der Waals surface area (Å²) in [6.45, 7) is 3.81. The maximum atomic E-state index is 14.2. The lowest BCUT2D eigenvalue weighted by atomic mass is 9.82. The number of carboxylic acid groups (broad SMARTS) is 1. The number of hydrogen-bond acceptors (Lipinski definition) is 2. The SMILES string of the molecule is CC(C)(C(=O)N1CCCC1CC(=O)O)c1ccc(Cl)cc1F. The fourth-order valence-corrected chi connectivity index (χ4v) is 3.15. The average Bonchev–Trinajstić information content (AvgIpc) is 2.84. The summed E-state index contributed by atoms with van der Waals surface area (Å²) in [5.74, 6) is -1.71. The molecule has 1 aliphatic heterocycles. The van der Waals surface area contributed by atoms with Crippen LogP contribution < -0.4 is 0 Å². The van der Waals surface area contributed by atoms with Crippen LogP contribution in [0.1, 0.15) is 38.7 Å². The van der Waals surface area contributed by atoms with Crippen molar-refractivity contribution in [2.45, 2.75) is 44.6 Å². The van der Waals surface area contributed by atoms with E-state index in [9.17, 15) is 14.0 Å². The number of aliphatic carboxylic acids is 1. The van der Waals surface area contributed by atoms with Gasteiger partial charge in [0, 0.05) is 23.2 Å². The Labute approximate surface area is 133 Å². The van der Waals surface area contributed by atoms with Crippen molar-refractivity contribution in [3.8, 4) is 0 Å². The molecule has 1 amide bonds. The van der Waals surface area contributed by atoms with Crippen LogP contribution in [0.25, 0.3) is 0 Å². The van der Waals surface area contributed by atoms with E-state index in [4.69, 9.17) is 16.7 Å². The van der Waals surface area contributed by atoms with Crippen LogP contribution >= 0.6 is 11.6 Å². The van der Waals surface area contributed by atoms with Gasteiger partial charge >= 0.3 is 5.97 Å². The van der Waals surface area contributed by atoms with Crippen molar-refractivity contribution in [3.63, 3.8) is 0 Å². The normalized spacial score (nSPS) is 18.5. The first-order valence-electron chi connectivity index (χ1n) is 7.22. The number of carbonyl (C=O) groups excluding carboxylic acids is 1. The minimum absolute atomic E-state index is 0.0785. The van der Waals surface area contributed by atoms with E-state index in [0.29, 0.717) is 13.0 Å². The highest BCUT2D eigenvalue weighted by atomic mass is 35.5. The maximum Gasteiger partial charge on any atom is 0.305 e. The number of nitrogens with zero attached hydrogens (tertiary/aromatic N) is 1. The summed E-state index contributed by atoms with van der Waals surface area (Å²) in [4.78, 5) is 25.3. The topological polar surface area (TPSA) is 57.6 Å². The Morgan fingerprint density at radius 3 is 2.73 bits per heavy atom. The molecule has 0 aliphatic carbocycles. The maximum absolute atomic E-state index is 14.2. The zero-order chi connectivity index (χ0) is 16.5. The molecule has 2 rings (SSSR count). The van der Waals surface area contributed by atoms with E-state index in [2.05, 4.69) is 0 Å². The van der Waals surface area contributed by atoms with Gasteiger partial charge < -0.3 is 10.0 Å². The van der Waals surface area contributed by atoms with Gasteiger partial charge in [0.05, 0.1) is 11.8 Å². The summed E-state index contributed by atoms with van der Waals surface area (Å²) in [7, 11) is 0. The van der Waals surface area contributed by atoms with Crippen LogP contribution in [0.2, 0.25) is 5.02 Å². The van der Waals surface area contributed by atoms with Crippen molar-refractivity contribution in [2.24, 2.45) is 0 Å². The zero-order valence-corrected chi connectivity index (χ0v) is 13.4. The van der Waals surface area contributed by atoms with Crippen LogP contribution in [0, 0.1) is 5.82 Å². The summed E-state index contributed by atoms with van der Waals surface area (Å²) in [5, 5.41) is 9.23. The third-order valence-electron chi connectivity index (χ3n) is 4.19. The lowest BCUT2D eigenvalue weighted by molar-refractivity contribution is -0.141. The molecule has 1 fully saturated rings. The fraction of sp³-hybridized carbons (Fsp3) is 0.500. The highest BCUT2D eigenvalue weighted by Gasteiger charge is 2.40. The average molecular weight is 328 g/mol. The molecule has 4 nitrogen and oxygen atoms in total. The second-order valence-electron chi connectivity index (χ2n) is 6.14. The highest BCUT2D eigenvalue weighted by molar-refractivity contribution is 6.30. The van der Waals surface area contributed by atoms with Gasteiger partial charge in [0.1, 0.15) is 5.82 Å². The number of hydrogen-bond donors (Lipinski definition) is 1. The molecular weight excluding hydrogens is 309 g/mol. The Morgan fingerprint density at radius 1 is 1.45 bits per heavy atom. The van der Waals surface area contributed by atoms with E-state index in [1.165, 1.54) is 12.1 Å². The van der Waals surface area contributed by atoms with Crippen LogP contribution in [0.15, 0.2) is 18.2 Å². The number of carbonyl (C=O) groups is 2. The van der Waals surface area contributed by atoms with Gasteiger partial charge in [-0.25, -0.2) is 4.39 Å². The molecular formula is C16H19ClFNO3. The molecule has 0 radical (unpaired) electrons. The van der Waals surface area contributed by atoms with E-state index < -0.39 is 17.2 Å². The van der Waals surface area contributed by atoms with Gasteiger partial charge in [0.2, 0.25) is 5.91 Å². The number of likely N-dealkylation sites (tertiary alicyclic amines) is 1. The first kappa shape index (κ1) is 16.7. The smallest absolute Gasteiger partial charge is 0.305 e. The van der Waals surface area contributed by atoms with Gasteiger partial charge in [-0.1, -0.05) is 17.7 Å². The summed E-state index contributed by atoms with van der Waals surface area (Å²) in [6.07, 6.45) is 1.35. The molecule has 1 aliphatic rings. The van der Waals surface area contributed by atoms with Crippen LogP contribution in [-0.2, 0) is 15.0 Å². The molecule has 1 atom stereocenters. The van der Waals surface area contributed by atoms with Crippen molar-refractivity contribution in [2.75, 3.05) is 6.54 Å². The molecule has 120 valence electrons. The number of halogens is 2. The van der Waals surface area contributed by atoms with E-state index in [1.807, 2.05) is 0 Å². The van der Waals surface area contributed by atoms with Gasteiger partial charge in [-0.2, -0.15) is 0 Å². The number of amides is 1. The number of benzene rings is 1. The summed E-state index contributed by atoms with van der Waals surface area (Å²) >= 11 is 5.75. The Kier molecular flexibility index (Phi) is 4.75. The molecule has 1 heterocycles. The van der Waals surface area contributed by atoms with Gasteiger partial charge in [0.15, 0.2) is 0 Å². The van der Waals surface area contributed by atoms with Crippen LogP contribution in [0.4, 0.5) is 4.39 Å². The van der Waals surface area contributed by atoms with Gasteiger partial charge in [-0.3, -0.25) is 9.59 Å². The molecule has 1 N–H and O–H groups in total. The number of carboxylic acids is 1. The molecule has 0 bridgehead atoms. The third kappa shape index (κ3) is 3.24. The number of rotatable bonds is 4. The quantitative estimate of drug-likeness (QED) is 0.923. The Balaban J connectivity index is 2.28. The predicted molar refractivity (Wildman–Crippen MR) is 81.4 cm³/mol. The third-order valence-corrected chi connectivity index (χ3v) is 4.42. The van der Waals surface area contributed by atoms with Crippen LogP contribution in [-0.4, -0.2) is 34.5 Å². The zero-order valence-electron chi connectivity index (χ0n) is 12.6. The van der Waals surface area contributed by atoms with Gasteiger partial charge in [-0.05, 0) is 38.8 Å². The van der Waals surface area contributed by atoms with E-state index in [-0.39, 0.29) is 29.0 Å². The fourth-order valence-electron chi connectivity index (χ4n) is 2.99. The lowest BCUT2D eigenvalue weighted by Gasteiger charge is -2.33. The molecule has 0 spiro atoms. The summed E-state index contributed by atoms with van der Waals surface area (Å²) < 4.78 is 14.2. The van der Waals surface area contributed by atoms with E-state index in [0.717, 1.165) is 6.42 Å². The van der Waals surface area contributed by atoms with E-state index >= 15 is 0 Å². The molecule has 0 saturated carbocycles. The molecule has 6 heteroatoms. The van der Waals surface area contributed by atoms with Crippen molar-refractivity contribution in [1.29, 1.82) is 0 Å². The molecule has 22 heavy (non-hydrogen) atoms. The highest BCUT2D eigenvalue weighted by Crippen LogP contribution is 2.33. The second kappa shape index (κ2) is 6.24. The molecule has 1 saturated heterocycles. The Hall–Kier alpha value is -1.62. The van der Waals surface area contributed by atoms with Crippen LogP contribution in [0.5, 0.6) is 0 Å². The van der Waals surface area contributed by atoms with Crippen molar-refractivity contribution < 1.29 is 19.1 Å². The molecule has 1 aromatic rings. The first-order chi connectivity index (χ1) is 10.2. The monoisotopic (exact) mass is 327 g/mol. The minimum Gasteiger partial charge on any atom is -0.481 e. The van der Waals surface area contributed by atoms with Crippen molar-refractivity contribution in [1.82, 2.24) is 4.90 Å². The lowest BCUT2D eigenvalue weighted by Crippen LogP contribution is -2.46. The molecule has 1 aromatic carbocycles. The van der Waals surface area contributed by atoms with Gasteiger partial charge in [-0.15, -0.1) is 0 Å². The van der Waals surface area contributed by atoms with Crippen molar-refractivity contribution >= 4 is 23.5 Å². The predicted octanol–water partition coefficient (Wildman–Crippen LogP) is 3.22. The minimum atomic E-state index is -1.07. The Morgan fingerprint density at radius 2 is 2.14 bits per heavy atom. The second-order valence-corrected chi connectivity index (χ2v) is 6.58. The first-order valence-corrected chi connectivity index (χ1v) is 7.59. The van der Waals surface area contributed by atoms with E-state index in [1.54, 1.807) is 24.8 Å². The van der Waals surface area contributed by atoms with Crippen LogP contribution in [0.3, 0.4) is 0 Å². The van der Waals surface area contributed by atoms with Gasteiger partial charge in [0.25, 0.3) is 0 Å². The standard InChI is InChI=1S/C16H19ClFNO3/c1-16(2,12-6-5-10(17)8-13(12)18)15(22)19-7-3-4-11(19)9-14(20)21/h5-6,8,11H,3-4,7,9H2,1-2H3,(H,20,21). The van der Waals surface area contributed by atoms with Crippen molar-refractivity contribution in [3.05, 3.63) is 34.6 Å². The molecule has 1 unspecified atom stereocenters. The summed E-state index contributed by atoms with van der Waals surface area (Å²) in [6, 6.07) is 3.93.